The molecule has 2 aromatic rings. The van der Waals surface area contributed by atoms with Crippen molar-refractivity contribution in [1.29, 1.82) is 0 Å². The quantitative estimate of drug-likeness (QED) is 0.625. The smallest absolute Gasteiger partial charge is 0.243 e. The van der Waals surface area contributed by atoms with Crippen LogP contribution in [0.3, 0.4) is 0 Å². The van der Waals surface area contributed by atoms with Crippen molar-refractivity contribution in [1.82, 2.24) is 9.21 Å². The number of rotatable bonds is 7. The Morgan fingerprint density at radius 3 is 2.35 bits per heavy atom. The van der Waals surface area contributed by atoms with E-state index in [2.05, 4.69) is 0 Å². The van der Waals surface area contributed by atoms with Crippen LogP contribution < -0.4 is 9.47 Å². The van der Waals surface area contributed by atoms with Gasteiger partial charge in [-0.1, -0.05) is 29.8 Å². The van der Waals surface area contributed by atoms with Crippen LogP contribution in [0, 0.1) is 5.92 Å². The summed E-state index contributed by atoms with van der Waals surface area (Å²) in [5.74, 6) is 0.606. The number of ether oxygens (including phenoxy) is 2. The topological polar surface area (TPSA) is 76.2 Å². The minimum absolute atomic E-state index is 0.00286. The number of piperidine rings is 1. The van der Waals surface area contributed by atoms with Gasteiger partial charge in [0, 0.05) is 43.7 Å². The molecule has 0 N–H and O–H groups in total. The Labute approximate surface area is 188 Å². The second-order valence-electron chi connectivity index (χ2n) is 7.48. The fourth-order valence-electron chi connectivity index (χ4n) is 3.74. The van der Waals surface area contributed by atoms with Crippen LogP contribution in [0.2, 0.25) is 5.02 Å². The van der Waals surface area contributed by atoms with Crippen LogP contribution in [0.25, 0.3) is 0 Å². The average Bonchev–Trinajstić information content (AvgIpc) is 2.79. The molecule has 1 saturated heterocycles. The van der Waals surface area contributed by atoms with E-state index in [0.29, 0.717) is 35.9 Å². The van der Waals surface area contributed by atoms with Gasteiger partial charge in [-0.2, -0.15) is 4.31 Å². The molecule has 1 aliphatic heterocycles. The van der Waals surface area contributed by atoms with Crippen molar-refractivity contribution in [3.63, 3.8) is 0 Å². The number of nitrogens with zero attached hydrogens (tertiary/aromatic N) is 2. The Kier molecular flexibility index (Phi) is 7.46. The summed E-state index contributed by atoms with van der Waals surface area (Å²) in [4.78, 5) is 14.7. The van der Waals surface area contributed by atoms with Gasteiger partial charge in [-0.3, -0.25) is 4.79 Å². The molecular weight excluding hydrogens is 440 g/mol. The van der Waals surface area contributed by atoms with Crippen molar-refractivity contribution >= 4 is 27.5 Å². The number of benzene rings is 2. The number of halogens is 1. The molecule has 7 nitrogen and oxygen atoms in total. The van der Waals surface area contributed by atoms with Crippen LogP contribution in [0.5, 0.6) is 11.5 Å². The minimum atomic E-state index is -3.69. The van der Waals surface area contributed by atoms with Gasteiger partial charge in [0.1, 0.15) is 0 Å². The lowest BCUT2D eigenvalue weighted by molar-refractivity contribution is -0.135. The van der Waals surface area contributed by atoms with Crippen molar-refractivity contribution in [3.8, 4) is 11.5 Å². The molecule has 0 spiro atoms. The lowest BCUT2D eigenvalue weighted by Crippen LogP contribution is -2.43. The molecule has 0 aliphatic carbocycles. The van der Waals surface area contributed by atoms with Crippen molar-refractivity contribution in [3.05, 3.63) is 53.1 Å². The SMILES string of the molecule is COc1ccc(S(=O)(=O)N2CCC(C(=O)N(C)Cc3ccccc3Cl)CC2)cc1OC. The zero-order valence-electron chi connectivity index (χ0n) is 17.9. The molecule has 1 heterocycles. The van der Waals surface area contributed by atoms with Crippen molar-refractivity contribution < 1.29 is 22.7 Å². The number of carbonyl (C=O) groups is 1. The van der Waals surface area contributed by atoms with E-state index in [-0.39, 0.29) is 29.8 Å². The second-order valence-corrected chi connectivity index (χ2v) is 9.83. The number of hydrogen-bond acceptors (Lipinski definition) is 5. The summed E-state index contributed by atoms with van der Waals surface area (Å²) in [6.07, 6.45) is 0.941. The van der Waals surface area contributed by atoms with E-state index in [9.17, 15) is 13.2 Å². The monoisotopic (exact) mass is 466 g/mol. The maximum Gasteiger partial charge on any atom is 0.243 e. The largest absolute Gasteiger partial charge is 0.493 e. The Balaban J connectivity index is 1.64. The molecular formula is C22H27ClN2O5S. The predicted molar refractivity (Wildman–Crippen MR) is 119 cm³/mol. The van der Waals surface area contributed by atoms with Gasteiger partial charge in [0.05, 0.1) is 19.1 Å². The van der Waals surface area contributed by atoms with Gasteiger partial charge in [0.2, 0.25) is 15.9 Å². The molecule has 0 saturated carbocycles. The molecule has 2 aromatic carbocycles. The van der Waals surface area contributed by atoms with Crippen LogP contribution in [-0.4, -0.2) is 57.9 Å². The number of methoxy groups -OCH3 is 2. The summed E-state index contributed by atoms with van der Waals surface area (Å²) in [5.41, 5.74) is 0.883. The van der Waals surface area contributed by atoms with E-state index < -0.39 is 10.0 Å². The maximum atomic E-state index is 13.1. The van der Waals surface area contributed by atoms with Gasteiger partial charge >= 0.3 is 0 Å². The van der Waals surface area contributed by atoms with Crippen LogP contribution in [0.15, 0.2) is 47.4 Å². The first-order valence-electron chi connectivity index (χ1n) is 9.98. The zero-order valence-corrected chi connectivity index (χ0v) is 19.4. The first-order valence-corrected chi connectivity index (χ1v) is 11.8. The predicted octanol–water partition coefficient (Wildman–Crippen LogP) is 3.42. The van der Waals surface area contributed by atoms with Crippen LogP contribution in [-0.2, 0) is 21.4 Å². The number of carbonyl (C=O) groups excluding carboxylic acids is 1. The Bertz CT molecular complexity index is 1040. The minimum Gasteiger partial charge on any atom is -0.493 e. The van der Waals surface area contributed by atoms with Crippen LogP contribution >= 0.6 is 11.6 Å². The lowest BCUT2D eigenvalue weighted by atomic mass is 9.96. The first-order chi connectivity index (χ1) is 14.8. The number of hydrogen-bond donors (Lipinski definition) is 0. The molecule has 168 valence electrons. The highest BCUT2D eigenvalue weighted by atomic mass is 35.5. The lowest BCUT2D eigenvalue weighted by Gasteiger charge is -2.32. The van der Waals surface area contributed by atoms with Crippen molar-refractivity contribution in [2.45, 2.75) is 24.3 Å². The van der Waals surface area contributed by atoms with Crippen LogP contribution in [0.4, 0.5) is 0 Å². The van der Waals surface area contributed by atoms with Crippen molar-refractivity contribution in [2.75, 3.05) is 34.4 Å². The summed E-state index contributed by atoms with van der Waals surface area (Å²) in [6.45, 7) is 0.989. The second kappa shape index (κ2) is 9.89. The Hall–Kier alpha value is -2.29. The van der Waals surface area contributed by atoms with Crippen LogP contribution in [0.1, 0.15) is 18.4 Å². The average molecular weight is 467 g/mol. The molecule has 0 radical (unpaired) electrons. The summed E-state index contributed by atoms with van der Waals surface area (Å²) in [6, 6.07) is 12.0. The summed E-state index contributed by atoms with van der Waals surface area (Å²) >= 11 is 6.20. The highest BCUT2D eigenvalue weighted by Crippen LogP contribution is 2.32. The van der Waals surface area contributed by atoms with Gasteiger partial charge in [-0.25, -0.2) is 8.42 Å². The van der Waals surface area contributed by atoms with E-state index in [1.165, 1.54) is 30.7 Å². The van der Waals surface area contributed by atoms with Gasteiger partial charge in [-0.05, 0) is 36.6 Å². The summed E-state index contributed by atoms with van der Waals surface area (Å²) in [5, 5.41) is 0.623. The Morgan fingerprint density at radius 2 is 1.74 bits per heavy atom. The molecule has 1 fully saturated rings. The standard InChI is InChI=1S/C22H27ClN2O5S/c1-24(15-17-6-4-5-7-19(17)23)22(26)16-10-12-25(13-11-16)31(27,28)18-8-9-20(29-2)21(14-18)30-3/h4-9,14,16H,10-13,15H2,1-3H3. The summed E-state index contributed by atoms with van der Waals surface area (Å²) in [7, 11) is 1.02. The van der Waals surface area contributed by atoms with E-state index in [1.54, 1.807) is 24.1 Å². The van der Waals surface area contributed by atoms with Gasteiger partial charge in [0.25, 0.3) is 0 Å². The third kappa shape index (κ3) is 5.14. The normalized spacial score (nSPS) is 15.5. The Morgan fingerprint density at radius 1 is 1.10 bits per heavy atom. The van der Waals surface area contributed by atoms with E-state index in [1.807, 2.05) is 18.2 Å². The highest BCUT2D eigenvalue weighted by molar-refractivity contribution is 7.89. The molecule has 31 heavy (non-hydrogen) atoms. The molecule has 1 amide bonds. The van der Waals surface area contributed by atoms with Gasteiger partial charge < -0.3 is 14.4 Å². The van der Waals surface area contributed by atoms with E-state index >= 15 is 0 Å². The molecule has 0 unspecified atom stereocenters. The van der Waals surface area contributed by atoms with Crippen molar-refractivity contribution in [2.24, 2.45) is 5.92 Å². The summed E-state index contributed by atoms with van der Waals surface area (Å²) < 4.78 is 38.0. The fraction of sp³-hybridized carbons (Fsp3) is 0.409. The molecule has 9 heteroatoms. The van der Waals surface area contributed by atoms with Gasteiger partial charge in [0.15, 0.2) is 11.5 Å². The third-order valence-electron chi connectivity index (χ3n) is 5.54. The maximum absolute atomic E-state index is 13.1. The number of sulfonamides is 1. The molecule has 0 atom stereocenters. The molecule has 3 rings (SSSR count). The van der Waals surface area contributed by atoms with E-state index in [0.717, 1.165) is 5.56 Å². The third-order valence-corrected chi connectivity index (χ3v) is 7.80. The first kappa shape index (κ1) is 23.4. The number of amides is 1. The molecule has 0 bridgehead atoms. The zero-order chi connectivity index (χ0) is 22.6. The molecule has 1 aliphatic rings. The van der Waals surface area contributed by atoms with E-state index in [4.69, 9.17) is 21.1 Å². The highest BCUT2D eigenvalue weighted by Gasteiger charge is 2.33. The molecule has 0 aromatic heterocycles. The fourth-order valence-corrected chi connectivity index (χ4v) is 5.42. The van der Waals surface area contributed by atoms with Gasteiger partial charge in [-0.15, -0.1) is 0 Å².